The minimum Gasteiger partial charge on any atom is -0.489 e. The first-order chi connectivity index (χ1) is 13.5. The summed E-state index contributed by atoms with van der Waals surface area (Å²) in [6, 6.07) is 22.8. The Labute approximate surface area is 166 Å². The van der Waals surface area contributed by atoms with Crippen molar-refractivity contribution in [3.8, 4) is 5.75 Å². The highest BCUT2D eigenvalue weighted by atomic mass is 32.2. The zero-order chi connectivity index (χ0) is 19.6. The molecule has 0 spiro atoms. The Hall–Kier alpha value is -2.79. The van der Waals surface area contributed by atoms with Gasteiger partial charge in [-0.05, 0) is 66.8 Å². The average molecular weight is 394 g/mol. The molecule has 3 aromatic carbocycles. The molecule has 0 saturated heterocycles. The molecule has 0 aromatic heterocycles. The van der Waals surface area contributed by atoms with Gasteiger partial charge in [-0.1, -0.05) is 42.5 Å². The summed E-state index contributed by atoms with van der Waals surface area (Å²) in [6.45, 7) is 2.89. The number of anilines is 1. The van der Waals surface area contributed by atoms with Crippen molar-refractivity contribution < 1.29 is 13.2 Å². The Morgan fingerprint density at radius 3 is 2.57 bits per heavy atom. The zero-order valence-electron chi connectivity index (χ0n) is 15.8. The fourth-order valence-electron chi connectivity index (χ4n) is 3.52. The molecule has 0 amide bonds. The van der Waals surface area contributed by atoms with Crippen molar-refractivity contribution in [1.82, 2.24) is 0 Å². The number of sulfonamides is 1. The van der Waals surface area contributed by atoms with Crippen LogP contribution in [0.15, 0.2) is 77.7 Å². The molecule has 4 rings (SSSR count). The Bertz CT molecular complexity index is 1080. The maximum Gasteiger partial charge on any atom is 0.264 e. The number of ether oxygens (including phenoxy) is 1. The predicted molar refractivity (Wildman–Crippen MR) is 111 cm³/mol. The third-order valence-electron chi connectivity index (χ3n) is 4.95. The SMILES string of the molecule is Cc1cccc(S(=O)(=O)N2CCCc3cc(OCc4ccccc4)ccc32)c1. The largest absolute Gasteiger partial charge is 0.489 e. The quantitative estimate of drug-likeness (QED) is 0.630. The molecule has 0 aliphatic carbocycles. The molecule has 0 N–H and O–H groups in total. The molecule has 28 heavy (non-hydrogen) atoms. The van der Waals surface area contributed by atoms with Crippen LogP contribution in [0.1, 0.15) is 23.1 Å². The summed E-state index contributed by atoms with van der Waals surface area (Å²) in [7, 11) is -3.57. The topological polar surface area (TPSA) is 46.6 Å². The van der Waals surface area contributed by atoms with Crippen molar-refractivity contribution in [2.75, 3.05) is 10.8 Å². The lowest BCUT2D eigenvalue weighted by Crippen LogP contribution is -2.35. The first kappa shape index (κ1) is 18.6. The van der Waals surface area contributed by atoms with Gasteiger partial charge in [0.05, 0.1) is 10.6 Å². The fourth-order valence-corrected chi connectivity index (χ4v) is 5.17. The normalized spacial score (nSPS) is 13.8. The fraction of sp³-hybridized carbons (Fsp3) is 0.217. The van der Waals surface area contributed by atoms with Crippen LogP contribution in [0.25, 0.3) is 0 Å². The summed E-state index contributed by atoms with van der Waals surface area (Å²) < 4.78 is 33.8. The van der Waals surface area contributed by atoms with E-state index in [1.54, 1.807) is 18.2 Å². The lowest BCUT2D eigenvalue weighted by atomic mass is 10.0. The molecule has 0 saturated carbocycles. The monoisotopic (exact) mass is 393 g/mol. The smallest absolute Gasteiger partial charge is 0.264 e. The van der Waals surface area contributed by atoms with E-state index in [-0.39, 0.29) is 0 Å². The van der Waals surface area contributed by atoms with Crippen LogP contribution < -0.4 is 9.04 Å². The van der Waals surface area contributed by atoms with Gasteiger partial charge >= 0.3 is 0 Å². The zero-order valence-corrected chi connectivity index (χ0v) is 16.7. The van der Waals surface area contributed by atoms with E-state index in [9.17, 15) is 8.42 Å². The van der Waals surface area contributed by atoms with Gasteiger partial charge in [0.25, 0.3) is 10.0 Å². The maximum atomic E-state index is 13.2. The molecule has 0 atom stereocenters. The molecule has 5 heteroatoms. The average Bonchev–Trinajstić information content (AvgIpc) is 2.72. The van der Waals surface area contributed by atoms with Crippen LogP contribution in [0, 0.1) is 6.92 Å². The summed E-state index contributed by atoms with van der Waals surface area (Å²) in [5.41, 5.74) is 3.79. The van der Waals surface area contributed by atoms with Gasteiger partial charge in [-0.3, -0.25) is 4.31 Å². The van der Waals surface area contributed by atoms with E-state index < -0.39 is 10.0 Å². The van der Waals surface area contributed by atoms with Gasteiger partial charge in [-0.15, -0.1) is 0 Å². The second-order valence-corrected chi connectivity index (χ2v) is 8.92. The van der Waals surface area contributed by atoms with Crippen molar-refractivity contribution in [3.05, 3.63) is 89.5 Å². The first-order valence-corrected chi connectivity index (χ1v) is 10.9. The number of benzene rings is 3. The third kappa shape index (κ3) is 3.76. The standard InChI is InChI=1S/C23H23NO3S/c1-18-7-5-11-22(15-18)28(25,26)24-14-6-10-20-16-21(12-13-23(20)24)27-17-19-8-3-2-4-9-19/h2-5,7-9,11-13,15-16H,6,10,14,17H2,1H3. The number of hydrogen-bond donors (Lipinski definition) is 0. The minimum atomic E-state index is -3.57. The van der Waals surface area contributed by atoms with E-state index in [2.05, 4.69) is 0 Å². The summed E-state index contributed by atoms with van der Waals surface area (Å²) in [6.07, 6.45) is 1.64. The van der Waals surface area contributed by atoms with Gasteiger partial charge in [0.2, 0.25) is 0 Å². The Morgan fingerprint density at radius 1 is 0.964 bits per heavy atom. The van der Waals surface area contributed by atoms with Crippen molar-refractivity contribution in [2.24, 2.45) is 0 Å². The van der Waals surface area contributed by atoms with Crippen LogP contribution in [0.2, 0.25) is 0 Å². The Morgan fingerprint density at radius 2 is 1.79 bits per heavy atom. The summed E-state index contributed by atoms with van der Waals surface area (Å²) in [5.74, 6) is 0.761. The molecule has 1 aliphatic heterocycles. The lowest BCUT2D eigenvalue weighted by Gasteiger charge is -2.31. The third-order valence-corrected chi connectivity index (χ3v) is 6.76. The Kier molecular flexibility index (Phi) is 5.09. The predicted octanol–water partition coefficient (Wildman–Crippen LogP) is 4.72. The van der Waals surface area contributed by atoms with Crippen LogP contribution >= 0.6 is 0 Å². The molecular formula is C23H23NO3S. The highest BCUT2D eigenvalue weighted by molar-refractivity contribution is 7.92. The number of rotatable bonds is 5. The van der Waals surface area contributed by atoms with Gasteiger partial charge in [0, 0.05) is 6.54 Å². The van der Waals surface area contributed by atoms with Gasteiger partial charge in [0.1, 0.15) is 12.4 Å². The van der Waals surface area contributed by atoms with E-state index >= 15 is 0 Å². The van der Waals surface area contributed by atoms with Gasteiger partial charge in [-0.25, -0.2) is 8.42 Å². The van der Waals surface area contributed by atoms with Crippen LogP contribution in [-0.4, -0.2) is 15.0 Å². The summed E-state index contributed by atoms with van der Waals surface area (Å²) in [5, 5.41) is 0. The molecule has 0 unspecified atom stereocenters. The molecular weight excluding hydrogens is 370 g/mol. The van der Waals surface area contributed by atoms with E-state index in [0.29, 0.717) is 18.0 Å². The van der Waals surface area contributed by atoms with Gasteiger partial charge in [-0.2, -0.15) is 0 Å². The van der Waals surface area contributed by atoms with E-state index in [1.165, 1.54) is 4.31 Å². The molecule has 1 aliphatic rings. The molecule has 4 nitrogen and oxygen atoms in total. The van der Waals surface area contributed by atoms with Gasteiger partial charge in [0.15, 0.2) is 0 Å². The highest BCUT2D eigenvalue weighted by Crippen LogP contribution is 2.34. The maximum absolute atomic E-state index is 13.2. The summed E-state index contributed by atoms with van der Waals surface area (Å²) in [4.78, 5) is 0.338. The number of hydrogen-bond acceptors (Lipinski definition) is 3. The second-order valence-electron chi connectivity index (χ2n) is 7.06. The van der Waals surface area contributed by atoms with E-state index in [4.69, 9.17) is 4.74 Å². The van der Waals surface area contributed by atoms with Crippen molar-refractivity contribution in [1.29, 1.82) is 0 Å². The van der Waals surface area contributed by atoms with E-state index in [1.807, 2.05) is 61.5 Å². The van der Waals surface area contributed by atoms with E-state index in [0.717, 1.165) is 41.0 Å². The molecule has 0 fully saturated rings. The highest BCUT2D eigenvalue weighted by Gasteiger charge is 2.29. The van der Waals surface area contributed by atoms with Gasteiger partial charge < -0.3 is 4.74 Å². The second kappa shape index (κ2) is 7.68. The molecule has 3 aromatic rings. The number of fused-ring (bicyclic) bond motifs is 1. The van der Waals surface area contributed by atoms with Crippen LogP contribution in [0.3, 0.4) is 0 Å². The molecule has 0 bridgehead atoms. The molecule has 144 valence electrons. The number of aryl methyl sites for hydroxylation is 2. The van der Waals surface area contributed by atoms with Crippen molar-refractivity contribution in [2.45, 2.75) is 31.3 Å². The van der Waals surface area contributed by atoms with Crippen LogP contribution in [-0.2, 0) is 23.1 Å². The number of nitrogens with zero attached hydrogens (tertiary/aromatic N) is 1. The molecule has 0 radical (unpaired) electrons. The Balaban J connectivity index is 1.60. The van der Waals surface area contributed by atoms with Crippen LogP contribution in [0.5, 0.6) is 5.75 Å². The van der Waals surface area contributed by atoms with Crippen LogP contribution in [0.4, 0.5) is 5.69 Å². The van der Waals surface area contributed by atoms with Crippen molar-refractivity contribution >= 4 is 15.7 Å². The molecule has 1 heterocycles. The lowest BCUT2D eigenvalue weighted by molar-refractivity contribution is 0.306. The summed E-state index contributed by atoms with van der Waals surface area (Å²) >= 11 is 0. The minimum absolute atomic E-state index is 0.338. The first-order valence-electron chi connectivity index (χ1n) is 9.43. The van der Waals surface area contributed by atoms with Crippen molar-refractivity contribution in [3.63, 3.8) is 0 Å².